The lowest BCUT2D eigenvalue weighted by atomic mass is 10.1. The van der Waals surface area contributed by atoms with E-state index < -0.39 is 6.04 Å². The molecule has 4 rings (SSSR count). The SMILES string of the molecule is O=C(NCc1ccco1)Nc1ccc(NC(=O)C(c2ccccc2)n2cccn2)cc1. The van der Waals surface area contributed by atoms with Crippen LogP contribution in [0.25, 0.3) is 0 Å². The molecule has 1 atom stereocenters. The van der Waals surface area contributed by atoms with Crippen molar-refractivity contribution in [3.8, 4) is 0 Å². The van der Waals surface area contributed by atoms with Crippen LogP contribution in [0.1, 0.15) is 17.4 Å². The third kappa shape index (κ3) is 5.18. The molecule has 0 spiro atoms. The highest BCUT2D eigenvalue weighted by Crippen LogP contribution is 2.21. The molecule has 156 valence electrons. The number of hydrogen-bond donors (Lipinski definition) is 3. The molecule has 0 bridgehead atoms. The fourth-order valence-electron chi connectivity index (χ4n) is 3.10. The minimum atomic E-state index is -0.596. The zero-order chi connectivity index (χ0) is 21.5. The van der Waals surface area contributed by atoms with Gasteiger partial charge in [-0.2, -0.15) is 5.10 Å². The molecule has 8 nitrogen and oxygen atoms in total. The van der Waals surface area contributed by atoms with E-state index in [9.17, 15) is 9.59 Å². The summed E-state index contributed by atoms with van der Waals surface area (Å²) in [6.07, 6.45) is 4.95. The Morgan fingerprint density at radius 2 is 1.65 bits per heavy atom. The molecule has 0 saturated heterocycles. The molecular weight excluding hydrogens is 394 g/mol. The Labute approximate surface area is 178 Å². The second-order valence-electron chi connectivity index (χ2n) is 6.75. The van der Waals surface area contributed by atoms with Gasteiger partial charge in [0.05, 0.1) is 12.8 Å². The summed E-state index contributed by atoms with van der Waals surface area (Å²) >= 11 is 0. The van der Waals surface area contributed by atoms with Crippen LogP contribution in [0.15, 0.2) is 95.9 Å². The highest BCUT2D eigenvalue weighted by molar-refractivity contribution is 5.96. The summed E-state index contributed by atoms with van der Waals surface area (Å²) in [6.45, 7) is 0.293. The molecule has 0 saturated carbocycles. The van der Waals surface area contributed by atoms with E-state index >= 15 is 0 Å². The van der Waals surface area contributed by atoms with Gasteiger partial charge in [0.2, 0.25) is 0 Å². The Bertz CT molecular complexity index is 1110. The molecule has 3 amide bonds. The number of aromatic nitrogens is 2. The van der Waals surface area contributed by atoms with Crippen LogP contribution in [0.2, 0.25) is 0 Å². The van der Waals surface area contributed by atoms with Crippen LogP contribution >= 0.6 is 0 Å². The number of urea groups is 1. The Hall–Kier alpha value is -4.33. The van der Waals surface area contributed by atoms with Crippen LogP contribution in [0.3, 0.4) is 0 Å². The highest BCUT2D eigenvalue weighted by atomic mass is 16.3. The lowest BCUT2D eigenvalue weighted by Crippen LogP contribution is -2.28. The number of carbonyl (C=O) groups excluding carboxylic acids is 2. The van der Waals surface area contributed by atoms with Gasteiger partial charge in [0, 0.05) is 23.8 Å². The van der Waals surface area contributed by atoms with E-state index in [1.165, 1.54) is 0 Å². The molecule has 0 aliphatic carbocycles. The van der Waals surface area contributed by atoms with Gasteiger partial charge in [-0.25, -0.2) is 4.79 Å². The van der Waals surface area contributed by atoms with Crippen LogP contribution in [-0.4, -0.2) is 21.7 Å². The van der Waals surface area contributed by atoms with Crippen LogP contribution in [0.4, 0.5) is 16.2 Å². The van der Waals surface area contributed by atoms with Gasteiger partial charge < -0.3 is 20.4 Å². The summed E-state index contributed by atoms with van der Waals surface area (Å²) in [7, 11) is 0. The molecular formula is C23H21N5O3. The molecule has 3 N–H and O–H groups in total. The first kappa shape index (κ1) is 20.0. The van der Waals surface area contributed by atoms with E-state index in [1.54, 1.807) is 65.8 Å². The molecule has 1 unspecified atom stereocenters. The van der Waals surface area contributed by atoms with Gasteiger partial charge in [-0.1, -0.05) is 30.3 Å². The average molecular weight is 415 g/mol. The van der Waals surface area contributed by atoms with Crippen molar-refractivity contribution in [2.75, 3.05) is 10.6 Å². The third-order valence-electron chi connectivity index (χ3n) is 4.57. The summed E-state index contributed by atoms with van der Waals surface area (Å²) in [5.41, 5.74) is 2.04. The first-order valence-electron chi connectivity index (χ1n) is 9.71. The van der Waals surface area contributed by atoms with Gasteiger partial charge in [-0.05, 0) is 48.0 Å². The topological polar surface area (TPSA) is 101 Å². The second-order valence-corrected chi connectivity index (χ2v) is 6.75. The first-order chi connectivity index (χ1) is 15.2. The first-order valence-corrected chi connectivity index (χ1v) is 9.71. The summed E-state index contributed by atoms with van der Waals surface area (Å²) in [6, 6.07) is 20.7. The van der Waals surface area contributed by atoms with Crippen LogP contribution in [0, 0.1) is 0 Å². The normalized spacial score (nSPS) is 11.5. The van der Waals surface area contributed by atoms with E-state index in [0.717, 1.165) is 5.56 Å². The zero-order valence-corrected chi connectivity index (χ0v) is 16.6. The molecule has 2 aromatic heterocycles. The molecule has 31 heavy (non-hydrogen) atoms. The number of nitrogens with one attached hydrogen (secondary N) is 3. The fraction of sp³-hybridized carbons (Fsp3) is 0.0870. The van der Waals surface area contributed by atoms with E-state index in [2.05, 4.69) is 21.0 Å². The van der Waals surface area contributed by atoms with Gasteiger partial charge >= 0.3 is 6.03 Å². The lowest BCUT2D eigenvalue weighted by molar-refractivity contribution is -0.118. The number of carbonyl (C=O) groups is 2. The zero-order valence-electron chi connectivity index (χ0n) is 16.6. The molecule has 8 heteroatoms. The Morgan fingerprint density at radius 1 is 0.903 bits per heavy atom. The Kier molecular flexibility index (Phi) is 6.08. The number of nitrogens with zero attached hydrogens (tertiary/aromatic N) is 2. The van der Waals surface area contributed by atoms with Gasteiger partial charge in [-0.15, -0.1) is 0 Å². The molecule has 2 heterocycles. The van der Waals surface area contributed by atoms with Crippen molar-refractivity contribution < 1.29 is 14.0 Å². The smallest absolute Gasteiger partial charge is 0.319 e. The average Bonchev–Trinajstić information content (AvgIpc) is 3.49. The van der Waals surface area contributed by atoms with E-state index in [1.807, 2.05) is 30.3 Å². The predicted octanol–water partition coefficient (Wildman–Crippen LogP) is 4.03. The van der Waals surface area contributed by atoms with Crippen LogP contribution < -0.4 is 16.0 Å². The number of amides is 3. The quantitative estimate of drug-likeness (QED) is 0.424. The maximum atomic E-state index is 13.0. The number of rotatable bonds is 7. The number of furan rings is 1. The maximum absolute atomic E-state index is 13.0. The van der Waals surface area contributed by atoms with Crippen molar-refractivity contribution in [1.82, 2.24) is 15.1 Å². The van der Waals surface area contributed by atoms with E-state index in [-0.39, 0.29) is 11.9 Å². The number of hydrogen-bond acceptors (Lipinski definition) is 4. The fourth-order valence-corrected chi connectivity index (χ4v) is 3.10. The van der Waals surface area contributed by atoms with Gasteiger partial charge in [0.25, 0.3) is 5.91 Å². The maximum Gasteiger partial charge on any atom is 0.319 e. The molecule has 0 fully saturated rings. The van der Waals surface area contributed by atoms with Crippen molar-refractivity contribution in [3.63, 3.8) is 0 Å². The van der Waals surface area contributed by atoms with Gasteiger partial charge in [-0.3, -0.25) is 9.48 Å². The van der Waals surface area contributed by atoms with Gasteiger partial charge in [0.15, 0.2) is 6.04 Å². The molecule has 0 aliphatic rings. The van der Waals surface area contributed by atoms with Crippen molar-refractivity contribution in [3.05, 3.63) is 103 Å². The van der Waals surface area contributed by atoms with Crippen molar-refractivity contribution in [2.45, 2.75) is 12.6 Å². The standard InChI is InChI=1S/C23H21N5O3/c29-22(21(28-14-5-13-25-28)17-6-2-1-3-7-17)26-18-9-11-19(12-10-18)27-23(30)24-16-20-8-4-15-31-20/h1-15,21H,16H2,(H,26,29)(H2,24,27,30). The third-order valence-corrected chi connectivity index (χ3v) is 4.57. The van der Waals surface area contributed by atoms with E-state index in [4.69, 9.17) is 4.42 Å². The van der Waals surface area contributed by atoms with Crippen LogP contribution in [-0.2, 0) is 11.3 Å². The largest absolute Gasteiger partial charge is 0.467 e. The molecule has 2 aromatic carbocycles. The van der Waals surface area contributed by atoms with Gasteiger partial charge in [0.1, 0.15) is 5.76 Å². The van der Waals surface area contributed by atoms with Crippen molar-refractivity contribution in [1.29, 1.82) is 0 Å². The summed E-state index contributed by atoms with van der Waals surface area (Å²) < 4.78 is 6.79. The predicted molar refractivity (Wildman–Crippen MR) is 116 cm³/mol. The minimum absolute atomic E-state index is 0.216. The van der Waals surface area contributed by atoms with E-state index in [0.29, 0.717) is 23.7 Å². The van der Waals surface area contributed by atoms with Crippen molar-refractivity contribution in [2.24, 2.45) is 0 Å². The second kappa shape index (κ2) is 9.45. The summed E-state index contributed by atoms with van der Waals surface area (Å²) in [5.74, 6) is 0.449. The Balaban J connectivity index is 1.38. The molecule has 0 aliphatic heterocycles. The summed E-state index contributed by atoms with van der Waals surface area (Å²) in [4.78, 5) is 25.0. The Morgan fingerprint density at radius 3 is 2.29 bits per heavy atom. The number of anilines is 2. The lowest BCUT2D eigenvalue weighted by Gasteiger charge is -2.18. The number of benzene rings is 2. The monoisotopic (exact) mass is 415 g/mol. The van der Waals surface area contributed by atoms with Crippen molar-refractivity contribution >= 4 is 23.3 Å². The summed E-state index contributed by atoms with van der Waals surface area (Å²) in [5, 5.41) is 12.6. The molecule has 0 radical (unpaired) electrons. The van der Waals surface area contributed by atoms with Crippen LogP contribution in [0.5, 0.6) is 0 Å². The minimum Gasteiger partial charge on any atom is -0.467 e. The molecule has 4 aromatic rings. The highest BCUT2D eigenvalue weighted by Gasteiger charge is 2.23.